The molecule has 1 aromatic rings. The molecule has 1 atom stereocenters. The van der Waals surface area contributed by atoms with Gasteiger partial charge in [-0.2, -0.15) is 0 Å². The molecule has 1 rings (SSSR count). The van der Waals surface area contributed by atoms with Gasteiger partial charge < -0.3 is 10.2 Å². The maximum absolute atomic E-state index is 10.9. The second kappa shape index (κ2) is 7.21. The molecule has 0 spiro atoms. The molecule has 0 aromatic heterocycles. The van der Waals surface area contributed by atoms with Crippen LogP contribution in [0.2, 0.25) is 0 Å². The Morgan fingerprint density at radius 1 is 1.32 bits per heavy atom. The van der Waals surface area contributed by atoms with E-state index in [1.54, 1.807) is 18.2 Å². The van der Waals surface area contributed by atoms with Gasteiger partial charge in [0.05, 0.1) is 4.92 Å². The number of hydrogen-bond donors (Lipinski definition) is 1. The number of nitrogens with one attached hydrogen (secondary N) is 1. The first kappa shape index (κ1) is 15.6. The van der Waals surface area contributed by atoms with Crippen LogP contribution in [0.5, 0.6) is 0 Å². The van der Waals surface area contributed by atoms with Crippen LogP contribution in [0.1, 0.15) is 19.4 Å². The van der Waals surface area contributed by atoms with E-state index in [4.69, 9.17) is 0 Å². The van der Waals surface area contributed by atoms with E-state index in [2.05, 4.69) is 24.1 Å². The van der Waals surface area contributed by atoms with E-state index >= 15 is 0 Å². The summed E-state index contributed by atoms with van der Waals surface area (Å²) in [4.78, 5) is 12.7. The lowest BCUT2D eigenvalue weighted by molar-refractivity contribution is -0.385. The van der Waals surface area contributed by atoms with Gasteiger partial charge in [0.25, 0.3) is 5.69 Å². The van der Waals surface area contributed by atoms with Crippen molar-refractivity contribution in [1.29, 1.82) is 0 Å². The molecular formula is C14H23N3O2. The number of rotatable bonds is 7. The topological polar surface area (TPSA) is 58.4 Å². The van der Waals surface area contributed by atoms with Gasteiger partial charge in [0.2, 0.25) is 0 Å². The van der Waals surface area contributed by atoms with Crippen LogP contribution in [0, 0.1) is 16.0 Å². The average molecular weight is 265 g/mol. The molecule has 1 aromatic carbocycles. The van der Waals surface area contributed by atoms with E-state index < -0.39 is 0 Å². The van der Waals surface area contributed by atoms with E-state index in [9.17, 15) is 10.1 Å². The van der Waals surface area contributed by atoms with Crippen LogP contribution in [0.25, 0.3) is 0 Å². The Balaban J connectivity index is 2.71. The number of nitrogens with zero attached hydrogens (tertiary/aromatic N) is 2. The van der Waals surface area contributed by atoms with Crippen molar-refractivity contribution in [1.82, 2.24) is 10.2 Å². The number of nitro benzene ring substituents is 1. The summed E-state index contributed by atoms with van der Waals surface area (Å²) in [5.41, 5.74) is 0.916. The third-order valence-electron chi connectivity index (χ3n) is 3.11. The van der Waals surface area contributed by atoms with Crippen molar-refractivity contribution in [3.8, 4) is 0 Å². The number of nitro groups is 1. The molecule has 0 aliphatic carbocycles. The smallest absolute Gasteiger partial charge is 0.273 e. The Labute approximate surface area is 114 Å². The molecule has 0 amide bonds. The van der Waals surface area contributed by atoms with Crippen LogP contribution in [0.3, 0.4) is 0 Å². The monoisotopic (exact) mass is 265 g/mol. The second-order valence-corrected chi connectivity index (χ2v) is 5.38. The molecule has 0 bridgehead atoms. The third kappa shape index (κ3) is 4.96. The largest absolute Gasteiger partial charge is 0.308 e. The van der Waals surface area contributed by atoms with Gasteiger partial charge in [0.1, 0.15) is 0 Å². The lowest BCUT2D eigenvalue weighted by Gasteiger charge is -2.25. The van der Waals surface area contributed by atoms with Crippen LogP contribution in [-0.4, -0.2) is 36.5 Å². The maximum Gasteiger partial charge on any atom is 0.273 e. The molecule has 0 saturated carbocycles. The van der Waals surface area contributed by atoms with E-state index in [-0.39, 0.29) is 10.6 Å². The summed E-state index contributed by atoms with van der Waals surface area (Å²) in [6.07, 6.45) is 0. The molecule has 0 aliphatic rings. The molecule has 19 heavy (non-hydrogen) atoms. The highest BCUT2D eigenvalue weighted by Crippen LogP contribution is 2.17. The summed E-state index contributed by atoms with van der Waals surface area (Å²) in [5, 5.41) is 14.4. The van der Waals surface area contributed by atoms with E-state index in [1.807, 2.05) is 20.2 Å². The summed E-state index contributed by atoms with van der Waals surface area (Å²) >= 11 is 0. The average Bonchev–Trinajstić information content (AvgIpc) is 2.34. The highest BCUT2D eigenvalue weighted by atomic mass is 16.6. The molecule has 0 aliphatic heterocycles. The normalized spacial score (nSPS) is 12.9. The van der Waals surface area contributed by atoms with Crippen LogP contribution >= 0.6 is 0 Å². The minimum absolute atomic E-state index is 0.183. The zero-order chi connectivity index (χ0) is 14.4. The van der Waals surface area contributed by atoms with E-state index in [1.165, 1.54) is 0 Å². The number of hydrogen-bond acceptors (Lipinski definition) is 4. The zero-order valence-corrected chi connectivity index (χ0v) is 12.1. The molecule has 5 heteroatoms. The highest BCUT2D eigenvalue weighted by Gasteiger charge is 2.17. The fourth-order valence-corrected chi connectivity index (χ4v) is 1.98. The van der Waals surface area contributed by atoms with Crippen LogP contribution < -0.4 is 5.32 Å². The minimum atomic E-state index is -0.326. The molecular weight excluding hydrogens is 242 g/mol. The van der Waals surface area contributed by atoms with Crippen molar-refractivity contribution < 1.29 is 4.92 Å². The van der Waals surface area contributed by atoms with Gasteiger partial charge in [-0.05, 0) is 20.0 Å². The van der Waals surface area contributed by atoms with Crippen molar-refractivity contribution in [3.63, 3.8) is 0 Å². The van der Waals surface area contributed by atoms with Crippen LogP contribution in [-0.2, 0) is 6.54 Å². The first-order valence-corrected chi connectivity index (χ1v) is 6.52. The van der Waals surface area contributed by atoms with Gasteiger partial charge in [0, 0.05) is 30.8 Å². The van der Waals surface area contributed by atoms with Gasteiger partial charge in [-0.1, -0.05) is 32.0 Å². The predicted molar refractivity (Wildman–Crippen MR) is 77.1 cm³/mol. The number of benzene rings is 1. The number of likely N-dealkylation sites (N-methyl/N-ethyl adjacent to an activating group) is 1. The second-order valence-electron chi connectivity index (χ2n) is 5.38. The molecule has 106 valence electrons. The zero-order valence-electron chi connectivity index (χ0n) is 12.1. The standard InChI is InChI=1S/C14H23N3O2/c1-11(2)13(10-16(3)4)15-9-12-7-5-6-8-14(12)17(18)19/h5-8,11,13,15H,9-10H2,1-4H3. The molecule has 0 saturated heterocycles. The van der Waals surface area contributed by atoms with Crippen LogP contribution in [0.15, 0.2) is 24.3 Å². The van der Waals surface area contributed by atoms with Crippen molar-refractivity contribution in [3.05, 3.63) is 39.9 Å². The molecule has 0 heterocycles. The molecule has 0 fully saturated rings. The summed E-state index contributed by atoms with van der Waals surface area (Å²) in [6, 6.07) is 7.20. The van der Waals surface area contributed by atoms with Gasteiger partial charge in [0.15, 0.2) is 0 Å². The van der Waals surface area contributed by atoms with Crippen molar-refractivity contribution >= 4 is 5.69 Å². The summed E-state index contributed by atoms with van der Waals surface area (Å²) in [5.74, 6) is 0.477. The third-order valence-corrected chi connectivity index (χ3v) is 3.11. The fraction of sp³-hybridized carbons (Fsp3) is 0.571. The minimum Gasteiger partial charge on any atom is -0.308 e. The lowest BCUT2D eigenvalue weighted by Crippen LogP contribution is -2.41. The molecule has 5 nitrogen and oxygen atoms in total. The van der Waals surface area contributed by atoms with Crippen LogP contribution in [0.4, 0.5) is 5.69 Å². The number of para-hydroxylation sites is 1. The Kier molecular flexibility index (Phi) is 5.92. The Morgan fingerprint density at radius 2 is 1.95 bits per heavy atom. The van der Waals surface area contributed by atoms with E-state index in [0.29, 0.717) is 18.5 Å². The first-order valence-electron chi connectivity index (χ1n) is 6.52. The van der Waals surface area contributed by atoms with Crippen molar-refractivity contribution in [2.45, 2.75) is 26.4 Å². The van der Waals surface area contributed by atoms with Gasteiger partial charge >= 0.3 is 0 Å². The molecule has 0 radical (unpaired) electrons. The SMILES string of the molecule is CC(C)C(CN(C)C)NCc1ccccc1[N+](=O)[O-]. The fourth-order valence-electron chi connectivity index (χ4n) is 1.98. The van der Waals surface area contributed by atoms with E-state index in [0.717, 1.165) is 12.1 Å². The van der Waals surface area contributed by atoms with Gasteiger partial charge in [-0.3, -0.25) is 10.1 Å². The Bertz CT molecular complexity index is 419. The first-order chi connectivity index (χ1) is 8.91. The van der Waals surface area contributed by atoms with Gasteiger partial charge in [-0.25, -0.2) is 0 Å². The summed E-state index contributed by atoms with van der Waals surface area (Å²) in [7, 11) is 4.06. The Hall–Kier alpha value is -1.46. The molecule has 1 unspecified atom stereocenters. The predicted octanol–water partition coefficient (Wildman–Crippen LogP) is 2.27. The highest BCUT2D eigenvalue weighted by molar-refractivity contribution is 5.39. The van der Waals surface area contributed by atoms with Gasteiger partial charge in [-0.15, -0.1) is 0 Å². The maximum atomic E-state index is 10.9. The summed E-state index contributed by atoms with van der Waals surface area (Å²) in [6.45, 7) is 5.74. The van der Waals surface area contributed by atoms with Crippen molar-refractivity contribution in [2.24, 2.45) is 5.92 Å². The lowest BCUT2D eigenvalue weighted by atomic mass is 10.0. The summed E-state index contributed by atoms with van der Waals surface area (Å²) < 4.78 is 0. The Morgan fingerprint density at radius 3 is 2.47 bits per heavy atom. The quantitative estimate of drug-likeness (QED) is 0.607. The van der Waals surface area contributed by atoms with Crippen molar-refractivity contribution in [2.75, 3.05) is 20.6 Å². The molecule has 1 N–H and O–H groups in total.